The number of aryl methyl sites for hydroxylation is 1. The van der Waals surface area contributed by atoms with E-state index in [1.807, 2.05) is 31.2 Å². The van der Waals surface area contributed by atoms with Gasteiger partial charge in [-0.25, -0.2) is 0 Å². The molecule has 1 amide bonds. The molecule has 1 aromatic heterocycles. The lowest BCUT2D eigenvalue weighted by Gasteiger charge is -2.20. The Labute approximate surface area is 136 Å². The van der Waals surface area contributed by atoms with Gasteiger partial charge >= 0.3 is 0 Å². The number of nitrogens with zero attached hydrogens (tertiary/aromatic N) is 2. The third-order valence-electron chi connectivity index (χ3n) is 3.53. The molecule has 0 radical (unpaired) electrons. The van der Waals surface area contributed by atoms with Crippen molar-refractivity contribution in [3.8, 4) is 11.1 Å². The number of methoxy groups -OCH3 is 1. The molecule has 1 heterocycles. The van der Waals surface area contributed by atoms with Gasteiger partial charge in [0, 0.05) is 38.7 Å². The van der Waals surface area contributed by atoms with Gasteiger partial charge < -0.3 is 14.7 Å². The minimum absolute atomic E-state index is 0.179. The Morgan fingerprint density at radius 2 is 2.09 bits per heavy atom. The zero-order valence-corrected chi connectivity index (χ0v) is 13.7. The van der Waals surface area contributed by atoms with Crippen LogP contribution in [-0.4, -0.2) is 54.3 Å². The monoisotopic (exact) mass is 314 g/mol. The SMILES string of the molecule is COCC(O)CN(C)C(=O)c1cncc(-c2cccc(C)c2)c1. The molecule has 5 heteroatoms. The molecule has 0 aliphatic carbocycles. The number of hydrogen-bond donors (Lipinski definition) is 1. The van der Waals surface area contributed by atoms with Crippen LogP contribution in [0.15, 0.2) is 42.7 Å². The Morgan fingerprint density at radius 1 is 1.30 bits per heavy atom. The zero-order chi connectivity index (χ0) is 16.8. The molecule has 2 rings (SSSR count). The molecule has 1 atom stereocenters. The summed E-state index contributed by atoms with van der Waals surface area (Å²) in [5.74, 6) is -0.179. The summed E-state index contributed by atoms with van der Waals surface area (Å²) in [5.41, 5.74) is 3.56. The molecule has 1 N–H and O–H groups in total. The van der Waals surface area contributed by atoms with Crippen molar-refractivity contribution in [3.63, 3.8) is 0 Å². The number of ether oxygens (including phenoxy) is 1. The number of carbonyl (C=O) groups excluding carboxylic acids is 1. The summed E-state index contributed by atoms with van der Waals surface area (Å²) in [6, 6.07) is 9.87. The minimum Gasteiger partial charge on any atom is -0.389 e. The van der Waals surface area contributed by atoms with Crippen LogP contribution in [0.3, 0.4) is 0 Å². The van der Waals surface area contributed by atoms with Crippen LogP contribution in [0, 0.1) is 6.92 Å². The molecule has 23 heavy (non-hydrogen) atoms. The number of rotatable bonds is 6. The highest BCUT2D eigenvalue weighted by Gasteiger charge is 2.16. The van der Waals surface area contributed by atoms with Gasteiger partial charge in [-0.3, -0.25) is 9.78 Å². The van der Waals surface area contributed by atoms with E-state index < -0.39 is 6.10 Å². The summed E-state index contributed by atoms with van der Waals surface area (Å²) < 4.78 is 4.88. The average Bonchev–Trinajstić information content (AvgIpc) is 2.54. The van der Waals surface area contributed by atoms with Gasteiger partial charge in [0.1, 0.15) is 0 Å². The minimum atomic E-state index is -0.707. The summed E-state index contributed by atoms with van der Waals surface area (Å²) in [7, 11) is 3.17. The van der Waals surface area contributed by atoms with Gasteiger partial charge in [0.2, 0.25) is 0 Å². The topological polar surface area (TPSA) is 62.7 Å². The number of carbonyl (C=O) groups is 1. The zero-order valence-electron chi connectivity index (χ0n) is 13.7. The number of pyridine rings is 1. The molecule has 1 aromatic carbocycles. The maximum atomic E-state index is 12.5. The van der Waals surface area contributed by atoms with Crippen molar-refractivity contribution >= 4 is 5.91 Å². The number of hydrogen-bond acceptors (Lipinski definition) is 4. The van der Waals surface area contributed by atoms with Crippen LogP contribution in [-0.2, 0) is 4.74 Å². The van der Waals surface area contributed by atoms with Crippen LogP contribution in [0.4, 0.5) is 0 Å². The molecular weight excluding hydrogens is 292 g/mol. The largest absolute Gasteiger partial charge is 0.389 e. The summed E-state index contributed by atoms with van der Waals surface area (Å²) >= 11 is 0. The summed E-state index contributed by atoms with van der Waals surface area (Å²) in [6.45, 7) is 2.43. The van der Waals surface area contributed by atoms with Crippen molar-refractivity contribution in [2.45, 2.75) is 13.0 Å². The van der Waals surface area contributed by atoms with Crippen molar-refractivity contribution in [1.82, 2.24) is 9.88 Å². The summed E-state index contributed by atoms with van der Waals surface area (Å²) in [6.07, 6.45) is 2.58. The van der Waals surface area contributed by atoms with E-state index in [0.717, 1.165) is 16.7 Å². The van der Waals surface area contributed by atoms with E-state index >= 15 is 0 Å². The van der Waals surface area contributed by atoms with Crippen molar-refractivity contribution < 1.29 is 14.6 Å². The van der Waals surface area contributed by atoms with E-state index in [9.17, 15) is 9.90 Å². The first kappa shape index (κ1) is 17.1. The lowest BCUT2D eigenvalue weighted by atomic mass is 10.0. The molecule has 1 unspecified atom stereocenters. The second-order valence-electron chi connectivity index (χ2n) is 5.63. The first-order valence-electron chi connectivity index (χ1n) is 7.46. The summed E-state index contributed by atoms with van der Waals surface area (Å²) in [4.78, 5) is 18.1. The van der Waals surface area contributed by atoms with E-state index in [2.05, 4.69) is 11.1 Å². The van der Waals surface area contributed by atoms with Crippen molar-refractivity contribution in [1.29, 1.82) is 0 Å². The molecule has 0 saturated carbocycles. The molecule has 122 valence electrons. The van der Waals surface area contributed by atoms with Gasteiger partial charge in [-0.05, 0) is 18.6 Å². The highest BCUT2D eigenvalue weighted by molar-refractivity contribution is 5.95. The van der Waals surface area contributed by atoms with Gasteiger partial charge in [-0.2, -0.15) is 0 Å². The van der Waals surface area contributed by atoms with Gasteiger partial charge in [0.15, 0.2) is 0 Å². The highest BCUT2D eigenvalue weighted by Crippen LogP contribution is 2.21. The van der Waals surface area contributed by atoms with Crippen molar-refractivity contribution in [2.24, 2.45) is 0 Å². The van der Waals surface area contributed by atoms with Crippen LogP contribution in [0.2, 0.25) is 0 Å². The molecule has 0 saturated heterocycles. The van der Waals surface area contributed by atoms with Crippen LogP contribution >= 0.6 is 0 Å². The highest BCUT2D eigenvalue weighted by atomic mass is 16.5. The second-order valence-corrected chi connectivity index (χ2v) is 5.63. The average molecular weight is 314 g/mol. The Morgan fingerprint density at radius 3 is 2.78 bits per heavy atom. The fourth-order valence-corrected chi connectivity index (χ4v) is 2.40. The van der Waals surface area contributed by atoms with Crippen LogP contribution in [0.25, 0.3) is 11.1 Å². The number of benzene rings is 1. The van der Waals surface area contributed by atoms with Crippen molar-refractivity contribution in [3.05, 3.63) is 53.9 Å². The maximum Gasteiger partial charge on any atom is 0.255 e. The number of aliphatic hydroxyl groups is 1. The Bertz CT molecular complexity index is 673. The normalized spacial score (nSPS) is 12.0. The van der Waals surface area contributed by atoms with Gasteiger partial charge in [-0.15, -0.1) is 0 Å². The lowest BCUT2D eigenvalue weighted by molar-refractivity contribution is 0.0380. The lowest BCUT2D eigenvalue weighted by Crippen LogP contribution is -2.36. The molecule has 5 nitrogen and oxygen atoms in total. The second kappa shape index (κ2) is 7.85. The van der Waals surface area contributed by atoms with E-state index in [-0.39, 0.29) is 19.1 Å². The van der Waals surface area contributed by atoms with Crippen LogP contribution in [0.1, 0.15) is 15.9 Å². The van der Waals surface area contributed by atoms with Crippen LogP contribution in [0.5, 0.6) is 0 Å². The molecule has 0 aliphatic heterocycles. The maximum absolute atomic E-state index is 12.5. The van der Waals surface area contributed by atoms with E-state index in [1.54, 1.807) is 19.4 Å². The molecule has 2 aromatic rings. The Balaban J connectivity index is 2.17. The Kier molecular flexibility index (Phi) is 5.84. The number of likely N-dealkylation sites (N-methyl/N-ethyl adjacent to an activating group) is 1. The fraction of sp³-hybridized carbons (Fsp3) is 0.333. The fourth-order valence-electron chi connectivity index (χ4n) is 2.40. The van der Waals surface area contributed by atoms with Gasteiger partial charge in [0.05, 0.1) is 18.3 Å². The molecule has 0 aliphatic rings. The molecule has 0 bridgehead atoms. The van der Waals surface area contributed by atoms with E-state index in [4.69, 9.17) is 4.74 Å². The quantitative estimate of drug-likeness (QED) is 0.887. The predicted octanol–water partition coefficient (Wildman–Crippen LogP) is 2.14. The summed E-state index contributed by atoms with van der Waals surface area (Å²) in [5, 5.41) is 9.74. The van der Waals surface area contributed by atoms with Gasteiger partial charge in [-0.1, -0.05) is 29.8 Å². The smallest absolute Gasteiger partial charge is 0.255 e. The third kappa shape index (κ3) is 4.61. The van der Waals surface area contributed by atoms with E-state index in [0.29, 0.717) is 5.56 Å². The van der Waals surface area contributed by atoms with Crippen molar-refractivity contribution in [2.75, 3.05) is 27.3 Å². The number of amides is 1. The number of aromatic nitrogens is 1. The molecule has 0 spiro atoms. The third-order valence-corrected chi connectivity index (χ3v) is 3.53. The predicted molar refractivity (Wildman–Crippen MR) is 89.3 cm³/mol. The molecule has 0 fully saturated rings. The standard InChI is InChI=1S/C18H22N2O3/c1-13-5-4-6-14(7-13)15-8-16(10-19-9-15)18(22)20(2)11-17(21)12-23-3/h4-10,17,21H,11-12H2,1-3H3. The number of aliphatic hydroxyl groups excluding tert-OH is 1. The molecular formula is C18H22N2O3. The van der Waals surface area contributed by atoms with Crippen LogP contribution < -0.4 is 0 Å². The van der Waals surface area contributed by atoms with E-state index in [1.165, 1.54) is 12.0 Å². The first-order valence-corrected chi connectivity index (χ1v) is 7.46. The first-order chi connectivity index (χ1) is 11.0. The Hall–Kier alpha value is -2.24. The van der Waals surface area contributed by atoms with Gasteiger partial charge in [0.25, 0.3) is 5.91 Å².